The van der Waals surface area contributed by atoms with Crippen molar-refractivity contribution in [2.45, 2.75) is 56.8 Å². The largest absolute Gasteiger partial charge is 0.418 e. The molecule has 11 nitrogen and oxygen atoms in total. The molecule has 146 valence electrons. The molecule has 3 amide bonds. The Morgan fingerprint density at radius 3 is 2.73 bits per heavy atom. The van der Waals surface area contributed by atoms with Crippen molar-refractivity contribution < 1.29 is 31.7 Å². The average Bonchev–Trinajstić information content (AvgIpc) is 3.11. The van der Waals surface area contributed by atoms with Crippen molar-refractivity contribution in [1.82, 2.24) is 20.8 Å². The topological polar surface area (TPSA) is 138 Å². The first-order chi connectivity index (χ1) is 12.2. The van der Waals surface area contributed by atoms with Crippen molar-refractivity contribution in [2.24, 2.45) is 5.41 Å². The molecule has 4 aliphatic rings. The Balaban J connectivity index is 1.45. The van der Waals surface area contributed by atoms with Crippen molar-refractivity contribution >= 4 is 22.3 Å². The summed E-state index contributed by atoms with van der Waals surface area (Å²) in [4.78, 5) is 31.8. The van der Waals surface area contributed by atoms with Gasteiger partial charge in [0.2, 0.25) is 0 Å². The number of nitrogens with zero attached hydrogens (tertiary/aromatic N) is 2. The van der Waals surface area contributed by atoms with Gasteiger partial charge in [-0.05, 0) is 38.0 Å². The van der Waals surface area contributed by atoms with Gasteiger partial charge in [0.15, 0.2) is 0 Å². The monoisotopic (exact) mass is 390 g/mol. The Bertz CT molecular complexity index is 725. The molecule has 1 spiro atoms. The molecule has 4 rings (SSSR count). The van der Waals surface area contributed by atoms with E-state index in [9.17, 15) is 18.0 Å². The van der Waals surface area contributed by atoms with Gasteiger partial charge in [0, 0.05) is 19.1 Å². The van der Waals surface area contributed by atoms with Crippen LogP contribution in [-0.2, 0) is 24.3 Å². The van der Waals surface area contributed by atoms with Crippen molar-refractivity contribution in [3.05, 3.63) is 0 Å². The SMILES string of the molecule is CC1CC(ONC(=O)[C@@H]2CC3(CC3)[C@@H]3CN2C(=O)N3OS(=O)(=O)O)CN1. The number of fused-ring (bicyclic) bond motifs is 3. The van der Waals surface area contributed by atoms with Crippen molar-refractivity contribution in [3.63, 3.8) is 0 Å². The van der Waals surface area contributed by atoms with Crippen LogP contribution in [0.25, 0.3) is 0 Å². The van der Waals surface area contributed by atoms with Gasteiger partial charge in [0.05, 0.1) is 12.1 Å². The number of nitrogens with one attached hydrogen (secondary N) is 2. The molecule has 0 aromatic heterocycles. The summed E-state index contributed by atoms with van der Waals surface area (Å²) in [5.41, 5.74) is 2.08. The summed E-state index contributed by atoms with van der Waals surface area (Å²) in [7, 11) is -4.82. The number of amides is 3. The highest BCUT2D eigenvalue weighted by atomic mass is 32.3. The van der Waals surface area contributed by atoms with Crippen LogP contribution in [0.3, 0.4) is 0 Å². The molecule has 4 atom stereocenters. The van der Waals surface area contributed by atoms with Gasteiger partial charge in [-0.3, -0.25) is 14.2 Å². The van der Waals surface area contributed by atoms with E-state index in [1.54, 1.807) is 0 Å². The highest BCUT2D eigenvalue weighted by molar-refractivity contribution is 7.80. The van der Waals surface area contributed by atoms with E-state index in [-0.39, 0.29) is 18.1 Å². The first-order valence-electron chi connectivity index (χ1n) is 8.64. The third-order valence-electron chi connectivity index (χ3n) is 5.78. The van der Waals surface area contributed by atoms with Gasteiger partial charge in [-0.25, -0.2) is 10.3 Å². The molecular formula is C14H22N4O7S. The third kappa shape index (κ3) is 3.16. The molecule has 2 bridgehead atoms. The van der Waals surface area contributed by atoms with Crippen LogP contribution in [0.4, 0.5) is 4.79 Å². The predicted molar refractivity (Wildman–Crippen MR) is 85.5 cm³/mol. The summed E-state index contributed by atoms with van der Waals surface area (Å²) in [5, 5.41) is 3.91. The second-order valence-electron chi connectivity index (χ2n) is 7.61. The maximum Gasteiger partial charge on any atom is 0.418 e. The summed E-state index contributed by atoms with van der Waals surface area (Å²) in [6, 6.07) is -1.69. The number of carbonyl (C=O) groups excluding carboxylic acids is 2. The summed E-state index contributed by atoms with van der Waals surface area (Å²) in [6.45, 7) is 2.83. The number of hydrogen-bond donors (Lipinski definition) is 3. The number of hydroxylamine groups is 3. The molecule has 3 N–H and O–H groups in total. The number of piperidine rings is 1. The minimum Gasteiger partial charge on any atom is -0.311 e. The molecular weight excluding hydrogens is 368 g/mol. The Labute approximate surface area is 150 Å². The van der Waals surface area contributed by atoms with Crippen LogP contribution in [0.5, 0.6) is 0 Å². The van der Waals surface area contributed by atoms with E-state index in [1.165, 1.54) is 4.90 Å². The van der Waals surface area contributed by atoms with Gasteiger partial charge >= 0.3 is 16.4 Å². The summed E-state index contributed by atoms with van der Waals surface area (Å²) < 4.78 is 35.5. The molecule has 26 heavy (non-hydrogen) atoms. The lowest BCUT2D eigenvalue weighted by atomic mass is 9.85. The highest BCUT2D eigenvalue weighted by Crippen LogP contribution is 2.59. The minimum absolute atomic E-state index is 0.131. The van der Waals surface area contributed by atoms with Crippen LogP contribution in [0.1, 0.15) is 32.6 Å². The standard InChI is InChI=1S/C14H22N4O7S/c1-8-4-9(6-15-8)24-16-12(19)10-5-14(2-3-14)11-7-17(10)13(20)18(11)25-26(21,22)23/h8-11,15H,2-7H2,1H3,(H,16,19)(H,21,22,23)/t8?,9?,10-,11-/m0/s1. The maximum absolute atomic E-state index is 12.6. The summed E-state index contributed by atoms with van der Waals surface area (Å²) >= 11 is 0. The second kappa shape index (κ2) is 6.02. The summed E-state index contributed by atoms with van der Waals surface area (Å²) in [5.74, 6) is -0.434. The Morgan fingerprint density at radius 2 is 2.15 bits per heavy atom. The van der Waals surface area contributed by atoms with E-state index in [0.717, 1.165) is 19.3 Å². The van der Waals surface area contributed by atoms with Gasteiger partial charge in [0.1, 0.15) is 6.04 Å². The Morgan fingerprint density at radius 1 is 1.42 bits per heavy atom. The summed E-state index contributed by atoms with van der Waals surface area (Å²) in [6.07, 6.45) is 2.57. The predicted octanol–water partition coefficient (Wildman–Crippen LogP) is -0.822. The smallest absolute Gasteiger partial charge is 0.311 e. The molecule has 3 aliphatic heterocycles. The molecule has 12 heteroatoms. The first-order valence-corrected chi connectivity index (χ1v) is 10.0. The lowest BCUT2D eigenvalue weighted by molar-refractivity contribution is -0.144. The van der Waals surface area contributed by atoms with Crippen LogP contribution in [0.15, 0.2) is 0 Å². The fourth-order valence-electron chi connectivity index (χ4n) is 4.24. The van der Waals surface area contributed by atoms with Crippen LogP contribution >= 0.6 is 0 Å². The number of rotatable bonds is 5. The van der Waals surface area contributed by atoms with Gasteiger partial charge in [0.25, 0.3) is 5.91 Å². The molecule has 1 saturated carbocycles. The van der Waals surface area contributed by atoms with Crippen molar-refractivity contribution in [2.75, 3.05) is 13.1 Å². The number of hydrogen-bond acceptors (Lipinski definition) is 7. The van der Waals surface area contributed by atoms with Crippen LogP contribution in [0.2, 0.25) is 0 Å². The second-order valence-corrected chi connectivity index (χ2v) is 8.62. The molecule has 0 radical (unpaired) electrons. The van der Waals surface area contributed by atoms with Crippen molar-refractivity contribution in [1.29, 1.82) is 0 Å². The van der Waals surface area contributed by atoms with E-state index >= 15 is 0 Å². The van der Waals surface area contributed by atoms with Gasteiger partial charge in [-0.15, -0.1) is 4.28 Å². The Kier molecular flexibility index (Phi) is 4.15. The quantitative estimate of drug-likeness (QED) is 0.409. The van der Waals surface area contributed by atoms with Gasteiger partial charge < -0.3 is 10.2 Å². The van der Waals surface area contributed by atoms with Gasteiger partial charge in [-0.2, -0.15) is 13.5 Å². The van der Waals surface area contributed by atoms with E-state index in [1.807, 2.05) is 6.92 Å². The molecule has 0 aromatic carbocycles. The molecule has 2 unspecified atom stereocenters. The molecule has 1 aliphatic carbocycles. The number of carbonyl (C=O) groups is 2. The van der Waals surface area contributed by atoms with E-state index in [4.69, 9.17) is 9.39 Å². The van der Waals surface area contributed by atoms with E-state index in [0.29, 0.717) is 24.1 Å². The van der Waals surface area contributed by atoms with Crippen LogP contribution in [0, 0.1) is 5.41 Å². The molecule has 4 fully saturated rings. The lowest BCUT2D eigenvalue weighted by Gasteiger charge is -2.35. The fourth-order valence-corrected chi connectivity index (χ4v) is 4.61. The maximum atomic E-state index is 12.6. The van der Waals surface area contributed by atoms with E-state index < -0.39 is 34.4 Å². The third-order valence-corrected chi connectivity index (χ3v) is 6.12. The van der Waals surface area contributed by atoms with Crippen molar-refractivity contribution in [3.8, 4) is 0 Å². The fraction of sp³-hybridized carbons (Fsp3) is 0.857. The average molecular weight is 390 g/mol. The zero-order valence-corrected chi connectivity index (χ0v) is 15.1. The normalized spacial score (nSPS) is 35.2. The Hall–Kier alpha value is -1.47. The lowest BCUT2D eigenvalue weighted by Crippen LogP contribution is -2.53. The van der Waals surface area contributed by atoms with Crippen LogP contribution < -0.4 is 10.8 Å². The minimum atomic E-state index is -4.82. The number of urea groups is 1. The molecule has 3 saturated heterocycles. The zero-order valence-electron chi connectivity index (χ0n) is 14.3. The van der Waals surface area contributed by atoms with Crippen LogP contribution in [-0.4, -0.2) is 72.2 Å². The van der Waals surface area contributed by atoms with Gasteiger partial charge in [-0.1, -0.05) is 0 Å². The van der Waals surface area contributed by atoms with E-state index in [2.05, 4.69) is 15.1 Å². The molecule has 0 aromatic rings. The molecule has 3 heterocycles. The first kappa shape index (κ1) is 17.9. The highest BCUT2D eigenvalue weighted by Gasteiger charge is 2.65. The zero-order chi connectivity index (χ0) is 18.7.